The van der Waals surface area contributed by atoms with Crippen LogP contribution in [0.1, 0.15) is 30.3 Å². The fourth-order valence-corrected chi connectivity index (χ4v) is 2.85. The molecule has 0 amide bonds. The van der Waals surface area contributed by atoms with Crippen LogP contribution in [-0.4, -0.2) is 37.0 Å². The lowest BCUT2D eigenvalue weighted by Crippen LogP contribution is -2.10. The van der Waals surface area contributed by atoms with E-state index >= 15 is 0 Å². The van der Waals surface area contributed by atoms with Crippen LogP contribution in [0.2, 0.25) is 0 Å². The van der Waals surface area contributed by atoms with Crippen LogP contribution in [0.3, 0.4) is 0 Å². The van der Waals surface area contributed by atoms with E-state index < -0.39 is 5.97 Å². The molecule has 0 aliphatic carbocycles. The molecule has 2 heterocycles. The van der Waals surface area contributed by atoms with E-state index in [0.717, 1.165) is 18.0 Å². The van der Waals surface area contributed by atoms with Gasteiger partial charge in [0.05, 0.1) is 18.2 Å². The Morgan fingerprint density at radius 3 is 3.20 bits per heavy atom. The zero-order valence-electron chi connectivity index (χ0n) is 8.17. The first-order valence-corrected chi connectivity index (χ1v) is 5.91. The molecule has 1 aromatic heterocycles. The molecule has 1 aromatic rings. The molecule has 2 rings (SSSR count). The number of rotatable bonds is 4. The van der Waals surface area contributed by atoms with Gasteiger partial charge in [-0.2, -0.15) is 11.8 Å². The van der Waals surface area contributed by atoms with Crippen molar-refractivity contribution in [2.45, 2.75) is 31.1 Å². The lowest BCUT2D eigenvalue weighted by Gasteiger charge is -2.07. The first-order valence-electron chi connectivity index (χ1n) is 4.87. The Balaban J connectivity index is 2.04. The van der Waals surface area contributed by atoms with Crippen molar-refractivity contribution in [1.82, 2.24) is 20.2 Å². The summed E-state index contributed by atoms with van der Waals surface area (Å²) in [6, 6.07) is 0. The predicted molar refractivity (Wildman–Crippen MR) is 54.5 cm³/mol. The third-order valence-electron chi connectivity index (χ3n) is 2.31. The SMILES string of the molecule is O=C(O)CCn1nnnc1C1CCCS1. The second kappa shape index (κ2) is 4.61. The van der Waals surface area contributed by atoms with Crippen LogP contribution >= 0.6 is 11.8 Å². The van der Waals surface area contributed by atoms with Gasteiger partial charge in [-0.15, -0.1) is 5.10 Å². The standard InChI is InChI=1S/C8H12N4O2S/c13-7(14)3-4-12-8(9-10-11-12)6-2-1-5-15-6/h6H,1-5H2,(H,13,14). The van der Waals surface area contributed by atoms with Crippen molar-refractivity contribution in [3.8, 4) is 0 Å². The van der Waals surface area contributed by atoms with Crippen LogP contribution in [0, 0.1) is 0 Å². The van der Waals surface area contributed by atoms with Crippen molar-refractivity contribution in [1.29, 1.82) is 0 Å². The summed E-state index contributed by atoms with van der Waals surface area (Å²) in [6.07, 6.45) is 2.33. The van der Waals surface area contributed by atoms with Crippen molar-refractivity contribution in [3.05, 3.63) is 5.82 Å². The summed E-state index contributed by atoms with van der Waals surface area (Å²) < 4.78 is 1.61. The van der Waals surface area contributed by atoms with Crippen LogP contribution in [0.15, 0.2) is 0 Å². The number of hydrogen-bond acceptors (Lipinski definition) is 5. The van der Waals surface area contributed by atoms with Crippen molar-refractivity contribution in [2.24, 2.45) is 0 Å². The lowest BCUT2D eigenvalue weighted by molar-refractivity contribution is -0.137. The summed E-state index contributed by atoms with van der Waals surface area (Å²) in [6.45, 7) is 0.356. The Morgan fingerprint density at radius 2 is 2.53 bits per heavy atom. The molecule has 0 radical (unpaired) electrons. The number of nitrogens with zero attached hydrogens (tertiary/aromatic N) is 4. The molecule has 1 aliphatic rings. The van der Waals surface area contributed by atoms with E-state index in [0.29, 0.717) is 11.8 Å². The van der Waals surface area contributed by atoms with Gasteiger partial charge in [0.1, 0.15) is 0 Å². The third-order valence-corrected chi connectivity index (χ3v) is 3.69. The van der Waals surface area contributed by atoms with E-state index in [-0.39, 0.29) is 6.42 Å². The summed E-state index contributed by atoms with van der Waals surface area (Å²) in [5.41, 5.74) is 0. The van der Waals surface area contributed by atoms with Crippen LogP contribution < -0.4 is 0 Å². The predicted octanol–water partition coefficient (Wildman–Crippen LogP) is 0.716. The number of aliphatic carboxylic acids is 1. The Hall–Kier alpha value is -1.11. The number of hydrogen-bond donors (Lipinski definition) is 1. The van der Waals surface area contributed by atoms with Gasteiger partial charge in [0, 0.05) is 0 Å². The average Bonchev–Trinajstić information content (AvgIpc) is 2.85. The van der Waals surface area contributed by atoms with Crippen molar-refractivity contribution in [2.75, 3.05) is 5.75 Å². The molecule has 0 spiro atoms. The highest BCUT2D eigenvalue weighted by atomic mass is 32.2. The molecule has 15 heavy (non-hydrogen) atoms. The van der Waals surface area contributed by atoms with Gasteiger partial charge in [0.15, 0.2) is 5.82 Å². The number of carboxylic acid groups (broad SMARTS) is 1. The second-order valence-electron chi connectivity index (χ2n) is 3.41. The minimum absolute atomic E-state index is 0.0649. The van der Waals surface area contributed by atoms with E-state index in [1.54, 1.807) is 4.68 Å². The van der Waals surface area contributed by atoms with Gasteiger partial charge in [-0.1, -0.05) is 0 Å². The average molecular weight is 228 g/mol. The normalized spacial score (nSPS) is 20.7. The highest BCUT2D eigenvalue weighted by Crippen LogP contribution is 2.38. The maximum atomic E-state index is 10.4. The largest absolute Gasteiger partial charge is 0.481 e. The molecule has 0 saturated carbocycles. The van der Waals surface area contributed by atoms with Crippen molar-refractivity contribution < 1.29 is 9.90 Å². The maximum absolute atomic E-state index is 10.4. The van der Waals surface area contributed by atoms with Gasteiger partial charge in [-0.25, -0.2) is 4.68 Å². The Bertz CT molecular complexity index is 348. The first kappa shape index (κ1) is 10.4. The summed E-state index contributed by atoms with van der Waals surface area (Å²) in [5.74, 6) is 1.13. The first-order chi connectivity index (χ1) is 7.27. The van der Waals surface area contributed by atoms with Crippen LogP contribution in [0.5, 0.6) is 0 Å². The van der Waals surface area contributed by atoms with E-state index in [4.69, 9.17) is 5.11 Å². The van der Waals surface area contributed by atoms with Gasteiger partial charge < -0.3 is 5.11 Å². The summed E-state index contributed by atoms with van der Waals surface area (Å²) in [7, 11) is 0. The highest BCUT2D eigenvalue weighted by Gasteiger charge is 2.23. The fraction of sp³-hybridized carbons (Fsp3) is 0.750. The molecule has 1 fully saturated rings. The number of carboxylic acids is 1. The molecule has 82 valence electrons. The van der Waals surface area contributed by atoms with Gasteiger partial charge >= 0.3 is 5.97 Å². The zero-order chi connectivity index (χ0) is 10.7. The maximum Gasteiger partial charge on any atom is 0.305 e. The van der Waals surface area contributed by atoms with E-state index in [1.807, 2.05) is 11.8 Å². The minimum atomic E-state index is -0.824. The van der Waals surface area contributed by atoms with Gasteiger partial charge in [-0.3, -0.25) is 4.79 Å². The van der Waals surface area contributed by atoms with Crippen molar-refractivity contribution >= 4 is 17.7 Å². The Morgan fingerprint density at radius 1 is 1.67 bits per heavy atom. The highest BCUT2D eigenvalue weighted by molar-refractivity contribution is 7.99. The third kappa shape index (κ3) is 2.47. The van der Waals surface area contributed by atoms with Gasteiger partial charge in [-0.05, 0) is 29.0 Å². The van der Waals surface area contributed by atoms with Crippen LogP contribution in [0.4, 0.5) is 0 Å². The second-order valence-corrected chi connectivity index (χ2v) is 4.72. The van der Waals surface area contributed by atoms with Gasteiger partial charge in [0.25, 0.3) is 0 Å². The number of aryl methyl sites for hydroxylation is 1. The van der Waals surface area contributed by atoms with Crippen LogP contribution in [0.25, 0.3) is 0 Å². The van der Waals surface area contributed by atoms with E-state index in [9.17, 15) is 4.79 Å². The minimum Gasteiger partial charge on any atom is -0.481 e. The number of tetrazole rings is 1. The molecule has 0 bridgehead atoms. The zero-order valence-corrected chi connectivity index (χ0v) is 8.98. The summed E-state index contributed by atoms with van der Waals surface area (Å²) in [4.78, 5) is 10.4. The lowest BCUT2D eigenvalue weighted by atomic mass is 10.2. The Labute approximate surface area is 91.0 Å². The molecule has 6 nitrogen and oxygen atoms in total. The molecule has 1 atom stereocenters. The Kier molecular flexibility index (Phi) is 3.20. The number of carbonyl (C=O) groups is 1. The van der Waals surface area contributed by atoms with Gasteiger partial charge in [0.2, 0.25) is 0 Å². The molecule has 1 aliphatic heterocycles. The van der Waals surface area contributed by atoms with Crippen LogP contribution in [-0.2, 0) is 11.3 Å². The molecule has 7 heteroatoms. The number of aromatic nitrogens is 4. The topological polar surface area (TPSA) is 80.9 Å². The van der Waals surface area contributed by atoms with E-state index in [1.165, 1.54) is 6.42 Å². The monoisotopic (exact) mass is 228 g/mol. The quantitative estimate of drug-likeness (QED) is 0.817. The molecule has 1 unspecified atom stereocenters. The summed E-state index contributed by atoms with van der Waals surface area (Å²) in [5, 5.41) is 20.3. The summed E-state index contributed by atoms with van der Waals surface area (Å²) >= 11 is 1.84. The van der Waals surface area contributed by atoms with E-state index in [2.05, 4.69) is 15.5 Å². The molecular weight excluding hydrogens is 216 g/mol. The molecule has 1 saturated heterocycles. The molecule has 1 N–H and O–H groups in total. The van der Waals surface area contributed by atoms with Crippen molar-refractivity contribution in [3.63, 3.8) is 0 Å². The fourth-order valence-electron chi connectivity index (χ4n) is 1.58. The molecular formula is C8H12N4O2S. The molecule has 0 aromatic carbocycles. The number of thioether (sulfide) groups is 1. The smallest absolute Gasteiger partial charge is 0.305 e.